The van der Waals surface area contributed by atoms with Crippen molar-refractivity contribution in [2.75, 3.05) is 6.54 Å². The molecule has 0 radical (unpaired) electrons. The van der Waals surface area contributed by atoms with E-state index in [-0.39, 0.29) is 29.7 Å². The average molecular weight is 273 g/mol. The Kier molecular flexibility index (Phi) is 4.47. The lowest BCUT2D eigenvalue weighted by molar-refractivity contribution is 0.361. The molecule has 1 rings (SSSR count). The molecule has 3 N–H and O–H groups in total. The molecule has 0 aliphatic heterocycles. The van der Waals surface area contributed by atoms with Gasteiger partial charge in [-0.25, -0.2) is 8.42 Å². The lowest BCUT2D eigenvalue weighted by Crippen LogP contribution is -2.38. The maximum absolute atomic E-state index is 12.4. The van der Waals surface area contributed by atoms with Gasteiger partial charge in [0.1, 0.15) is 4.90 Å². The SMILES string of the molecule is CC(C)N(CCC(=N)N)S(=O)(=O)c1cnn(C)c1. The third-order valence-electron chi connectivity index (χ3n) is 2.47. The Hall–Kier alpha value is -1.41. The molecule has 7 nitrogen and oxygen atoms in total. The van der Waals surface area contributed by atoms with E-state index in [0.717, 1.165) is 0 Å². The fraction of sp³-hybridized carbons (Fsp3) is 0.600. The normalized spacial score (nSPS) is 12.3. The summed E-state index contributed by atoms with van der Waals surface area (Å²) in [5.41, 5.74) is 5.27. The zero-order valence-electron chi connectivity index (χ0n) is 10.8. The van der Waals surface area contributed by atoms with Crippen LogP contribution in [-0.4, -0.2) is 40.9 Å². The first-order valence-electron chi connectivity index (χ1n) is 5.58. The summed E-state index contributed by atoms with van der Waals surface area (Å²) < 4.78 is 27.5. The zero-order chi connectivity index (χ0) is 13.9. The number of hydrogen-bond donors (Lipinski definition) is 2. The number of sulfonamides is 1. The van der Waals surface area contributed by atoms with Crippen LogP contribution in [0.3, 0.4) is 0 Å². The molecule has 0 aromatic carbocycles. The van der Waals surface area contributed by atoms with Gasteiger partial charge in [0.25, 0.3) is 0 Å². The van der Waals surface area contributed by atoms with Crippen molar-refractivity contribution in [2.45, 2.75) is 31.2 Å². The average Bonchev–Trinajstić information content (AvgIpc) is 2.64. The minimum Gasteiger partial charge on any atom is -0.388 e. The van der Waals surface area contributed by atoms with E-state index in [0.29, 0.717) is 0 Å². The van der Waals surface area contributed by atoms with Gasteiger partial charge in [0.2, 0.25) is 10.0 Å². The molecule has 0 saturated carbocycles. The van der Waals surface area contributed by atoms with Gasteiger partial charge in [-0.1, -0.05) is 0 Å². The van der Waals surface area contributed by atoms with Crippen LogP contribution in [0, 0.1) is 5.41 Å². The highest BCUT2D eigenvalue weighted by atomic mass is 32.2. The molecule has 1 aromatic heterocycles. The molecule has 0 spiro atoms. The summed E-state index contributed by atoms with van der Waals surface area (Å²) in [6.07, 6.45) is 2.99. The van der Waals surface area contributed by atoms with Crippen LogP contribution in [0.1, 0.15) is 20.3 Å². The van der Waals surface area contributed by atoms with Gasteiger partial charge in [-0.15, -0.1) is 0 Å². The van der Waals surface area contributed by atoms with Crippen molar-refractivity contribution in [1.29, 1.82) is 5.41 Å². The summed E-state index contributed by atoms with van der Waals surface area (Å²) >= 11 is 0. The Morgan fingerprint density at radius 3 is 2.61 bits per heavy atom. The second-order valence-corrected chi connectivity index (χ2v) is 6.23. The highest BCUT2D eigenvalue weighted by Gasteiger charge is 2.27. The van der Waals surface area contributed by atoms with E-state index in [2.05, 4.69) is 5.10 Å². The van der Waals surface area contributed by atoms with Gasteiger partial charge in [0.05, 0.1) is 12.0 Å². The molecular weight excluding hydrogens is 254 g/mol. The summed E-state index contributed by atoms with van der Waals surface area (Å²) in [6, 6.07) is -0.199. The fourth-order valence-electron chi connectivity index (χ4n) is 1.55. The number of hydrogen-bond acceptors (Lipinski definition) is 4. The van der Waals surface area contributed by atoms with E-state index in [4.69, 9.17) is 11.1 Å². The highest BCUT2D eigenvalue weighted by Crippen LogP contribution is 2.17. The van der Waals surface area contributed by atoms with E-state index >= 15 is 0 Å². The monoisotopic (exact) mass is 273 g/mol. The maximum atomic E-state index is 12.4. The Balaban J connectivity index is 3.01. The molecule has 0 bridgehead atoms. The lowest BCUT2D eigenvalue weighted by atomic mass is 10.3. The Morgan fingerprint density at radius 2 is 2.22 bits per heavy atom. The third kappa shape index (κ3) is 3.30. The second kappa shape index (κ2) is 5.49. The number of aromatic nitrogens is 2. The zero-order valence-corrected chi connectivity index (χ0v) is 11.6. The van der Waals surface area contributed by atoms with Crippen molar-refractivity contribution >= 4 is 15.9 Å². The van der Waals surface area contributed by atoms with Gasteiger partial charge in [-0.2, -0.15) is 9.40 Å². The van der Waals surface area contributed by atoms with Crippen molar-refractivity contribution in [3.8, 4) is 0 Å². The molecule has 0 fully saturated rings. The first kappa shape index (κ1) is 14.7. The maximum Gasteiger partial charge on any atom is 0.246 e. The minimum atomic E-state index is -3.58. The highest BCUT2D eigenvalue weighted by molar-refractivity contribution is 7.89. The van der Waals surface area contributed by atoms with Crippen LogP contribution in [0.4, 0.5) is 0 Å². The van der Waals surface area contributed by atoms with Gasteiger partial charge in [0.15, 0.2) is 0 Å². The summed E-state index contributed by atoms with van der Waals surface area (Å²) in [4.78, 5) is 0.155. The largest absolute Gasteiger partial charge is 0.388 e. The van der Waals surface area contributed by atoms with Gasteiger partial charge in [0, 0.05) is 32.3 Å². The van der Waals surface area contributed by atoms with Crippen LogP contribution in [0.15, 0.2) is 17.3 Å². The van der Waals surface area contributed by atoms with Crippen LogP contribution >= 0.6 is 0 Å². The molecule has 0 unspecified atom stereocenters. The van der Waals surface area contributed by atoms with Gasteiger partial charge < -0.3 is 5.73 Å². The summed E-state index contributed by atoms with van der Waals surface area (Å²) in [7, 11) is -1.92. The topological polar surface area (TPSA) is 105 Å². The smallest absolute Gasteiger partial charge is 0.246 e. The van der Waals surface area contributed by atoms with Crippen molar-refractivity contribution < 1.29 is 8.42 Å². The third-order valence-corrected chi connectivity index (χ3v) is 4.49. The second-order valence-electron chi connectivity index (χ2n) is 4.33. The molecule has 0 amide bonds. The van der Waals surface area contributed by atoms with E-state index in [9.17, 15) is 8.42 Å². The molecule has 0 saturated heterocycles. The molecule has 8 heteroatoms. The van der Waals surface area contributed by atoms with Gasteiger partial charge in [-0.3, -0.25) is 10.1 Å². The van der Waals surface area contributed by atoms with Gasteiger partial charge in [-0.05, 0) is 13.8 Å². The van der Waals surface area contributed by atoms with E-state index < -0.39 is 10.0 Å². The molecule has 0 atom stereocenters. The minimum absolute atomic E-state index is 0.0259. The predicted octanol–water partition coefficient (Wildman–Crippen LogP) is 0.145. The number of amidine groups is 1. The number of nitrogens with one attached hydrogen (secondary N) is 1. The van der Waals surface area contributed by atoms with Crippen LogP contribution in [0.5, 0.6) is 0 Å². The van der Waals surface area contributed by atoms with E-state index in [1.54, 1.807) is 20.9 Å². The van der Waals surface area contributed by atoms with Crippen LogP contribution in [0.25, 0.3) is 0 Å². The quantitative estimate of drug-likeness (QED) is 0.568. The molecule has 1 heterocycles. The van der Waals surface area contributed by atoms with E-state index in [1.807, 2.05) is 0 Å². The molecule has 102 valence electrons. The van der Waals surface area contributed by atoms with Crippen molar-refractivity contribution in [3.63, 3.8) is 0 Å². The fourth-order valence-corrected chi connectivity index (χ4v) is 3.18. The molecule has 18 heavy (non-hydrogen) atoms. The first-order chi connectivity index (χ1) is 8.25. The predicted molar refractivity (Wildman–Crippen MR) is 68.8 cm³/mol. The molecular formula is C10H19N5O2S. The van der Waals surface area contributed by atoms with E-state index in [1.165, 1.54) is 21.4 Å². The number of aryl methyl sites for hydroxylation is 1. The summed E-state index contributed by atoms with van der Waals surface area (Å²) in [6.45, 7) is 3.77. The van der Waals surface area contributed by atoms with Crippen LogP contribution in [0.2, 0.25) is 0 Å². The first-order valence-corrected chi connectivity index (χ1v) is 7.02. The van der Waals surface area contributed by atoms with Crippen LogP contribution in [-0.2, 0) is 17.1 Å². The van der Waals surface area contributed by atoms with Crippen molar-refractivity contribution in [2.24, 2.45) is 12.8 Å². The number of nitrogens with two attached hydrogens (primary N) is 1. The Labute approximate surface area is 107 Å². The van der Waals surface area contributed by atoms with Gasteiger partial charge >= 0.3 is 0 Å². The number of rotatable bonds is 6. The molecule has 1 aromatic rings. The Morgan fingerprint density at radius 1 is 1.61 bits per heavy atom. The van der Waals surface area contributed by atoms with Crippen LogP contribution < -0.4 is 5.73 Å². The molecule has 0 aliphatic carbocycles. The van der Waals surface area contributed by atoms with Crippen molar-refractivity contribution in [3.05, 3.63) is 12.4 Å². The number of nitrogens with zero attached hydrogens (tertiary/aromatic N) is 3. The van der Waals surface area contributed by atoms with Crippen molar-refractivity contribution in [1.82, 2.24) is 14.1 Å². The molecule has 0 aliphatic rings. The summed E-state index contributed by atoms with van der Waals surface area (Å²) in [5, 5.41) is 11.0. The Bertz CT molecular complexity index is 520. The lowest BCUT2D eigenvalue weighted by Gasteiger charge is -2.24. The standard InChI is InChI=1S/C10H19N5O2S/c1-8(2)15(5-4-10(11)12)18(16,17)9-6-13-14(3)7-9/h6-8H,4-5H2,1-3H3,(H3,11,12). The summed E-state index contributed by atoms with van der Waals surface area (Å²) in [5.74, 6) is -0.0259.